The van der Waals surface area contributed by atoms with Crippen LogP contribution in [0, 0.1) is 0 Å². The number of aliphatic hydroxyl groups excluding tert-OH is 1. The molecule has 0 saturated carbocycles. The Hall–Kier alpha value is -1.35. The number of carbonyl (C=O) groups is 1. The van der Waals surface area contributed by atoms with Crippen LogP contribution in [-0.2, 0) is 4.79 Å². The molecule has 3 heteroatoms. The molecule has 0 spiro atoms. The lowest BCUT2D eigenvalue weighted by Crippen LogP contribution is -2.30. The highest BCUT2D eigenvalue weighted by Crippen LogP contribution is 2.15. The van der Waals surface area contributed by atoms with Crippen LogP contribution in [0.3, 0.4) is 0 Å². The average molecular weight is 179 g/mol. The van der Waals surface area contributed by atoms with E-state index in [0.717, 1.165) is 5.56 Å². The van der Waals surface area contributed by atoms with Crippen LogP contribution in [0.2, 0.25) is 0 Å². The Morgan fingerprint density at radius 3 is 2.54 bits per heavy atom. The molecule has 1 unspecified atom stereocenters. The van der Waals surface area contributed by atoms with Crippen molar-refractivity contribution in [3.8, 4) is 0 Å². The van der Waals surface area contributed by atoms with Gasteiger partial charge in [-0.25, -0.2) is 0 Å². The summed E-state index contributed by atoms with van der Waals surface area (Å²) in [6, 6.07) is 8.98. The third-order valence-electron chi connectivity index (χ3n) is 1.95. The molecule has 3 nitrogen and oxygen atoms in total. The van der Waals surface area contributed by atoms with E-state index in [1.807, 2.05) is 30.3 Å². The fourth-order valence-electron chi connectivity index (χ4n) is 1.14. The fraction of sp³-hybridized carbons (Fsp3) is 0.300. The van der Waals surface area contributed by atoms with E-state index in [-0.39, 0.29) is 6.04 Å². The Morgan fingerprint density at radius 1 is 1.38 bits per heavy atom. The first-order valence-corrected chi connectivity index (χ1v) is 4.18. The molecule has 0 aliphatic rings. The molecule has 1 amide bonds. The molecule has 1 aromatic rings. The number of hydrogen-bond acceptors (Lipinski definition) is 2. The van der Waals surface area contributed by atoms with Gasteiger partial charge in [0.15, 0.2) is 0 Å². The van der Waals surface area contributed by atoms with E-state index in [4.69, 9.17) is 0 Å². The predicted molar refractivity (Wildman–Crippen MR) is 50.1 cm³/mol. The van der Waals surface area contributed by atoms with Gasteiger partial charge >= 0.3 is 0 Å². The summed E-state index contributed by atoms with van der Waals surface area (Å²) in [5, 5.41) is 12.2. The van der Waals surface area contributed by atoms with Crippen LogP contribution in [0.4, 0.5) is 0 Å². The lowest BCUT2D eigenvalue weighted by molar-refractivity contribution is -0.110. The Bertz CT molecular complexity index is 261. The Labute approximate surface area is 77.4 Å². The zero-order valence-corrected chi connectivity index (χ0v) is 7.47. The zero-order chi connectivity index (χ0) is 9.68. The van der Waals surface area contributed by atoms with E-state index in [2.05, 4.69) is 5.32 Å². The third kappa shape index (κ3) is 2.56. The maximum atomic E-state index is 10.1. The number of aliphatic hydroxyl groups is 1. The Kier molecular flexibility index (Phi) is 3.46. The molecule has 2 N–H and O–H groups in total. The summed E-state index contributed by atoms with van der Waals surface area (Å²) < 4.78 is 0. The van der Waals surface area contributed by atoms with E-state index >= 15 is 0 Å². The van der Waals surface area contributed by atoms with Gasteiger partial charge in [0.1, 0.15) is 0 Å². The molecule has 0 heterocycles. The van der Waals surface area contributed by atoms with Gasteiger partial charge in [-0.15, -0.1) is 0 Å². The largest absolute Gasteiger partial charge is 0.386 e. The van der Waals surface area contributed by atoms with Crippen molar-refractivity contribution in [1.29, 1.82) is 0 Å². The number of benzene rings is 1. The average Bonchev–Trinajstić information content (AvgIpc) is 2.18. The molecule has 0 fully saturated rings. The second-order valence-corrected chi connectivity index (χ2v) is 2.93. The first-order valence-electron chi connectivity index (χ1n) is 4.18. The fourth-order valence-corrected chi connectivity index (χ4v) is 1.14. The lowest BCUT2D eigenvalue weighted by atomic mass is 10.0. The van der Waals surface area contributed by atoms with Crippen LogP contribution < -0.4 is 5.32 Å². The minimum absolute atomic E-state index is 0.264. The van der Waals surface area contributed by atoms with Crippen molar-refractivity contribution in [3.63, 3.8) is 0 Å². The summed E-state index contributed by atoms with van der Waals surface area (Å²) in [5.74, 6) is 0. The molecule has 70 valence electrons. The minimum Gasteiger partial charge on any atom is -0.386 e. The number of hydrogen-bond donors (Lipinski definition) is 2. The molecule has 0 radical (unpaired) electrons. The minimum atomic E-state index is -0.647. The van der Waals surface area contributed by atoms with Crippen LogP contribution in [0.1, 0.15) is 18.6 Å². The van der Waals surface area contributed by atoms with Gasteiger partial charge in [0.05, 0.1) is 12.1 Å². The maximum absolute atomic E-state index is 10.1. The van der Waals surface area contributed by atoms with Gasteiger partial charge < -0.3 is 10.4 Å². The van der Waals surface area contributed by atoms with E-state index in [9.17, 15) is 9.90 Å². The van der Waals surface area contributed by atoms with Gasteiger partial charge in [0, 0.05) is 0 Å². The highest BCUT2D eigenvalue weighted by atomic mass is 16.3. The quantitative estimate of drug-likeness (QED) is 0.673. The molecular weight excluding hydrogens is 166 g/mol. The summed E-state index contributed by atoms with van der Waals surface area (Å²) in [5.41, 5.74) is 0.810. The molecular formula is C10H13NO2. The summed E-state index contributed by atoms with van der Waals surface area (Å²) in [7, 11) is 0. The van der Waals surface area contributed by atoms with Crippen molar-refractivity contribution in [3.05, 3.63) is 35.9 Å². The molecule has 0 aromatic heterocycles. The van der Waals surface area contributed by atoms with Crippen molar-refractivity contribution in [2.45, 2.75) is 19.1 Å². The van der Waals surface area contributed by atoms with Crippen LogP contribution in [0.15, 0.2) is 30.3 Å². The molecule has 1 aromatic carbocycles. The molecule has 0 saturated heterocycles. The van der Waals surface area contributed by atoms with E-state index < -0.39 is 6.10 Å². The topological polar surface area (TPSA) is 49.3 Å². The molecule has 0 aliphatic heterocycles. The van der Waals surface area contributed by atoms with E-state index in [0.29, 0.717) is 6.41 Å². The number of carbonyl (C=O) groups excluding carboxylic acids is 1. The second kappa shape index (κ2) is 4.62. The van der Waals surface area contributed by atoms with Gasteiger partial charge in [-0.3, -0.25) is 4.79 Å². The molecule has 2 atom stereocenters. The Morgan fingerprint density at radius 2 is 2.00 bits per heavy atom. The SMILES string of the molecule is CC(NC=O)[C@@H](O)c1ccccc1. The number of rotatable bonds is 4. The lowest BCUT2D eigenvalue weighted by Gasteiger charge is -2.17. The standard InChI is InChI=1S/C10H13NO2/c1-8(11-7-12)10(13)9-5-3-2-4-6-9/h2-8,10,13H,1H3,(H,11,12)/t8?,10-/m1/s1. The molecule has 1 rings (SSSR count). The van der Waals surface area contributed by atoms with Crippen LogP contribution in [0.25, 0.3) is 0 Å². The van der Waals surface area contributed by atoms with Crippen LogP contribution in [-0.4, -0.2) is 17.6 Å². The highest BCUT2D eigenvalue weighted by Gasteiger charge is 2.14. The smallest absolute Gasteiger partial charge is 0.207 e. The van der Waals surface area contributed by atoms with Gasteiger partial charge in [-0.2, -0.15) is 0 Å². The van der Waals surface area contributed by atoms with Gasteiger partial charge in [0.25, 0.3) is 0 Å². The predicted octanol–water partition coefficient (Wildman–Crippen LogP) is 0.854. The van der Waals surface area contributed by atoms with Gasteiger partial charge in [0.2, 0.25) is 6.41 Å². The summed E-state index contributed by atoms with van der Waals surface area (Å²) >= 11 is 0. The third-order valence-corrected chi connectivity index (χ3v) is 1.95. The van der Waals surface area contributed by atoms with Crippen molar-refractivity contribution >= 4 is 6.41 Å². The Balaban J connectivity index is 2.67. The number of nitrogens with one attached hydrogen (secondary N) is 1. The maximum Gasteiger partial charge on any atom is 0.207 e. The summed E-state index contributed by atoms with van der Waals surface area (Å²) in [6.45, 7) is 1.76. The normalized spacial score (nSPS) is 14.6. The summed E-state index contributed by atoms with van der Waals surface area (Å²) in [6.07, 6.45) is -0.0528. The molecule has 0 aliphatic carbocycles. The number of amides is 1. The molecule has 13 heavy (non-hydrogen) atoms. The first-order chi connectivity index (χ1) is 6.25. The van der Waals surface area contributed by atoms with E-state index in [1.54, 1.807) is 6.92 Å². The highest BCUT2D eigenvalue weighted by molar-refractivity contribution is 5.46. The van der Waals surface area contributed by atoms with E-state index in [1.165, 1.54) is 0 Å². The second-order valence-electron chi connectivity index (χ2n) is 2.93. The van der Waals surface area contributed by atoms with Crippen molar-refractivity contribution in [2.75, 3.05) is 0 Å². The first kappa shape index (κ1) is 9.74. The van der Waals surface area contributed by atoms with Gasteiger partial charge in [-0.1, -0.05) is 30.3 Å². The summed E-state index contributed by atoms with van der Waals surface area (Å²) in [4.78, 5) is 10.1. The van der Waals surface area contributed by atoms with Crippen molar-refractivity contribution in [2.24, 2.45) is 0 Å². The van der Waals surface area contributed by atoms with Crippen molar-refractivity contribution < 1.29 is 9.90 Å². The monoisotopic (exact) mass is 179 g/mol. The molecule has 0 bridgehead atoms. The van der Waals surface area contributed by atoms with Gasteiger partial charge in [-0.05, 0) is 12.5 Å². The van der Waals surface area contributed by atoms with Crippen LogP contribution >= 0.6 is 0 Å². The van der Waals surface area contributed by atoms with Crippen LogP contribution in [0.5, 0.6) is 0 Å². The van der Waals surface area contributed by atoms with Crippen molar-refractivity contribution in [1.82, 2.24) is 5.32 Å². The zero-order valence-electron chi connectivity index (χ0n) is 7.47.